The fourth-order valence-corrected chi connectivity index (χ4v) is 5.14. The molecular weight excluding hydrogens is 433 g/mol. The number of nitrogens with one attached hydrogen (secondary N) is 2. The first-order chi connectivity index (χ1) is 15.0. The zero-order chi connectivity index (χ0) is 21.8. The second-order valence-electron chi connectivity index (χ2n) is 8.50. The molecule has 0 radical (unpaired) electrons. The molecule has 2 aliphatic rings. The molecule has 5 nitrogen and oxygen atoms in total. The maximum absolute atomic E-state index is 12.4. The van der Waals surface area contributed by atoms with Crippen molar-refractivity contribution in [2.75, 3.05) is 6.54 Å². The summed E-state index contributed by atoms with van der Waals surface area (Å²) in [7, 11) is 0. The maximum Gasteiger partial charge on any atom is 0.239 e. The summed E-state index contributed by atoms with van der Waals surface area (Å²) < 4.78 is 0. The van der Waals surface area contributed by atoms with Gasteiger partial charge in [-0.2, -0.15) is 0 Å². The number of hydrogen-bond donors (Lipinski definition) is 2. The van der Waals surface area contributed by atoms with E-state index in [1.165, 1.54) is 18.4 Å². The molecule has 2 aliphatic heterocycles. The Labute approximate surface area is 193 Å². The van der Waals surface area contributed by atoms with Gasteiger partial charge >= 0.3 is 0 Å². The van der Waals surface area contributed by atoms with Crippen molar-refractivity contribution < 1.29 is 9.59 Å². The molecule has 0 spiro atoms. The summed E-state index contributed by atoms with van der Waals surface area (Å²) in [4.78, 5) is 27.1. The highest BCUT2D eigenvalue weighted by Gasteiger charge is 2.40. The lowest BCUT2D eigenvalue weighted by atomic mass is 9.96. The van der Waals surface area contributed by atoms with Crippen molar-refractivity contribution >= 4 is 35.0 Å². The average molecular weight is 460 g/mol. The van der Waals surface area contributed by atoms with Crippen molar-refractivity contribution in [3.05, 3.63) is 69.7 Å². The molecular formula is C24H27Cl2N3O2. The third-order valence-corrected chi connectivity index (χ3v) is 6.71. The van der Waals surface area contributed by atoms with Crippen molar-refractivity contribution in [3.8, 4) is 0 Å². The molecule has 2 amide bonds. The van der Waals surface area contributed by atoms with Gasteiger partial charge in [0.15, 0.2) is 0 Å². The lowest BCUT2D eigenvalue weighted by Gasteiger charge is -2.39. The third kappa shape index (κ3) is 6.00. The number of fused-ring (bicyclic) bond motifs is 2. The van der Waals surface area contributed by atoms with E-state index >= 15 is 0 Å². The molecule has 2 atom stereocenters. The van der Waals surface area contributed by atoms with E-state index in [1.54, 1.807) is 12.1 Å². The van der Waals surface area contributed by atoms with Gasteiger partial charge in [0.1, 0.15) is 0 Å². The van der Waals surface area contributed by atoms with Crippen molar-refractivity contribution in [2.24, 2.45) is 0 Å². The second-order valence-corrected chi connectivity index (χ2v) is 9.38. The standard InChI is InChI=1S/C24H27Cl2N3O2/c25-18-6-4-16(5-7-18)15-29-21-8-9-22(29)13-20(12-21)28-24(31)14-27-23(30)11-17-2-1-3-19(26)10-17/h1-7,10,20-22H,8-9,11-15H2,(H,27,30)(H,28,31)/t21-,22-/m1/s1. The van der Waals surface area contributed by atoms with E-state index in [2.05, 4.69) is 27.7 Å². The van der Waals surface area contributed by atoms with Gasteiger partial charge in [0.2, 0.25) is 11.8 Å². The van der Waals surface area contributed by atoms with Crippen LogP contribution in [-0.2, 0) is 22.6 Å². The van der Waals surface area contributed by atoms with Crippen molar-refractivity contribution in [2.45, 2.75) is 56.8 Å². The van der Waals surface area contributed by atoms with E-state index in [0.29, 0.717) is 17.1 Å². The maximum atomic E-state index is 12.4. The SMILES string of the molecule is O=C(Cc1cccc(Cl)c1)NCC(=O)NC1C[C@H]2CC[C@H](C1)N2Cc1ccc(Cl)cc1. The Kier molecular flexibility index (Phi) is 7.16. The fraction of sp³-hybridized carbons (Fsp3) is 0.417. The molecule has 2 aromatic carbocycles. The number of piperidine rings is 1. The third-order valence-electron chi connectivity index (χ3n) is 6.23. The van der Waals surface area contributed by atoms with Crippen LogP contribution >= 0.6 is 23.2 Å². The fourth-order valence-electron chi connectivity index (χ4n) is 4.80. The molecule has 2 heterocycles. The van der Waals surface area contributed by atoms with Gasteiger partial charge < -0.3 is 10.6 Å². The van der Waals surface area contributed by atoms with E-state index in [0.717, 1.165) is 30.0 Å². The van der Waals surface area contributed by atoms with Crippen molar-refractivity contribution in [3.63, 3.8) is 0 Å². The van der Waals surface area contributed by atoms with E-state index in [1.807, 2.05) is 24.3 Å². The number of carbonyl (C=O) groups excluding carboxylic acids is 2. The number of rotatable bonds is 7. The number of amides is 2. The van der Waals surface area contributed by atoms with Crippen LogP contribution in [0.3, 0.4) is 0 Å². The van der Waals surface area contributed by atoms with Gasteiger partial charge in [-0.15, -0.1) is 0 Å². The largest absolute Gasteiger partial charge is 0.352 e. The van der Waals surface area contributed by atoms with E-state index in [-0.39, 0.29) is 30.8 Å². The van der Waals surface area contributed by atoms with Crippen molar-refractivity contribution in [1.82, 2.24) is 15.5 Å². The van der Waals surface area contributed by atoms with Crippen LogP contribution in [0.2, 0.25) is 10.0 Å². The van der Waals surface area contributed by atoms with Gasteiger partial charge in [-0.1, -0.05) is 47.5 Å². The van der Waals surface area contributed by atoms with Crippen LogP contribution in [0.4, 0.5) is 0 Å². The summed E-state index contributed by atoms with van der Waals surface area (Å²) >= 11 is 11.9. The minimum atomic E-state index is -0.185. The normalized spacial score (nSPS) is 22.8. The molecule has 0 aromatic heterocycles. The Bertz CT molecular complexity index is 921. The predicted molar refractivity (Wildman–Crippen MR) is 123 cm³/mol. The number of benzene rings is 2. The van der Waals surface area contributed by atoms with Gasteiger partial charge in [-0.05, 0) is 61.1 Å². The van der Waals surface area contributed by atoms with Gasteiger partial charge in [-0.25, -0.2) is 0 Å². The monoisotopic (exact) mass is 459 g/mol. The Morgan fingerprint density at radius 3 is 2.29 bits per heavy atom. The van der Waals surface area contributed by atoms with Gasteiger partial charge in [-0.3, -0.25) is 14.5 Å². The second kappa shape index (κ2) is 10.0. The lowest BCUT2D eigenvalue weighted by Crippen LogP contribution is -2.51. The highest BCUT2D eigenvalue weighted by molar-refractivity contribution is 6.30. The lowest BCUT2D eigenvalue weighted by molar-refractivity contribution is -0.126. The molecule has 31 heavy (non-hydrogen) atoms. The summed E-state index contributed by atoms with van der Waals surface area (Å²) in [5.74, 6) is -0.315. The predicted octanol–water partition coefficient (Wildman–Crippen LogP) is 3.96. The van der Waals surface area contributed by atoms with Gasteiger partial charge in [0, 0.05) is 34.7 Å². The summed E-state index contributed by atoms with van der Waals surface area (Å²) in [6.45, 7) is 0.923. The zero-order valence-electron chi connectivity index (χ0n) is 17.3. The van der Waals surface area contributed by atoms with E-state index < -0.39 is 0 Å². The van der Waals surface area contributed by atoms with Gasteiger partial charge in [0.25, 0.3) is 0 Å². The number of hydrogen-bond acceptors (Lipinski definition) is 3. The zero-order valence-corrected chi connectivity index (χ0v) is 18.8. The minimum Gasteiger partial charge on any atom is -0.352 e. The molecule has 0 unspecified atom stereocenters. The Morgan fingerprint density at radius 2 is 1.61 bits per heavy atom. The molecule has 2 bridgehead atoms. The molecule has 2 saturated heterocycles. The first-order valence-corrected chi connectivity index (χ1v) is 11.5. The molecule has 164 valence electrons. The Morgan fingerprint density at radius 1 is 0.903 bits per heavy atom. The van der Waals surface area contributed by atoms with Gasteiger partial charge in [0.05, 0.1) is 13.0 Å². The summed E-state index contributed by atoms with van der Waals surface area (Å²) in [6, 6.07) is 16.4. The van der Waals surface area contributed by atoms with Crippen LogP contribution < -0.4 is 10.6 Å². The topological polar surface area (TPSA) is 61.4 Å². The molecule has 2 fully saturated rings. The summed E-state index contributed by atoms with van der Waals surface area (Å²) in [5, 5.41) is 7.18. The van der Waals surface area contributed by atoms with E-state index in [4.69, 9.17) is 23.2 Å². The Balaban J connectivity index is 1.22. The van der Waals surface area contributed by atoms with Crippen LogP contribution in [0.1, 0.15) is 36.8 Å². The molecule has 0 saturated carbocycles. The van der Waals surface area contributed by atoms with Crippen LogP contribution in [0.5, 0.6) is 0 Å². The van der Waals surface area contributed by atoms with Crippen LogP contribution in [0.15, 0.2) is 48.5 Å². The molecule has 2 N–H and O–H groups in total. The van der Waals surface area contributed by atoms with E-state index in [9.17, 15) is 9.59 Å². The van der Waals surface area contributed by atoms with Crippen molar-refractivity contribution in [1.29, 1.82) is 0 Å². The first-order valence-electron chi connectivity index (χ1n) is 10.8. The smallest absolute Gasteiger partial charge is 0.239 e. The first kappa shape index (κ1) is 22.1. The highest BCUT2D eigenvalue weighted by atomic mass is 35.5. The molecule has 7 heteroatoms. The number of nitrogens with zero attached hydrogens (tertiary/aromatic N) is 1. The summed E-state index contributed by atoms with van der Waals surface area (Å²) in [6.07, 6.45) is 4.45. The number of carbonyl (C=O) groups is 2. The quantitative estimate of drug-likeness (QED) is 0.658. The number of halogens is 2. The molecule has 2 aromatic rings. The highest BCUT2D eigenvalue weighted by Crippen LogP contribution is 2.36. The van der Waals surface area contributed by atoms with Crippen LogP contribution in [0.25, 0.3) is 0 Å². The average Bonchev–Trinajstić information content (AvgIpc) is 2.96. The molecule has 4 rings (SSSR count). The Hall–Kier alpha value is -2.08. The summed E-state index contributed by atoms with van der Waals surface area (Å²) in [5.41, 5.74) is 2.10. The molecule has 0 aliphatic carbocycles. The minimum absolute atomic E-state index is 0.000276. The van der Waals surface area contributed by atoms with Crippen LogP contribution in [0, 0.1) is 0 Å². The van der Waals surface area contributed by atoms with Crippen LogP contribution in [-0.4, -0.2) is 41.4 Å².